The summed E-state index contributed by atoms with van der Waals surface area (Å²) in [6, 6.07) is 21.9. The minimum atomic E-state index is -3.89. The third-order valence-electron chi connectivity index (χ3n) is 6.71. The molecule has 160 valence electrons. The topological polar surface area (TPSA) is 60.9 Å². The number of benzene rings is 3. The number of anilines is 1. The van der Waals surface area contributed by atoms with Crippen LogP contribution in [-0.4, -0.2) is 38.6 Å². The third kappa shape index (κ3) is 2.89. The van der Waals surface area contributed by atoms with Crippen molar-refractivity contribution in [1.29, 1.82) is 0 Å². The van der Waals surface area contributed by atoms with Crippen LogP contribution in [0, 0.1) is 6.92 Å². The molecule has 2 heterocycles. The highest BCUT2D eigenvalue weighted by Crippen LogP contribution is 2.59. The SMILES string of the molecule is Cc1ccc(S(=O)(=O)N2c3ccccc3C3CCN(C)CC32c2ccccc2O)cc1. The van der Waals surface area contributed by atoms with Gasteiger partial charge in [0.25, 0.3) is 10.0 Å². The molecule has 6 heteroatoms. The minimum absolute atomic E-state index is 0.0478. The summed E-state index contributed by atoms with van der Waals surface area (Å²) >= 11 is 0. The van der Waals surface area contributed by atoms with E-state index in [0.29, 0.717) is 17.8 Å². The zero-order valence-corrected chi connectivity index (χ0v) is 18.5. The van der Waals surface area contributed by atoms with Gasteiger partial charge in [0, 0.05) is 18.0 Å². The molecule has 5 rings (SSSR count). The number of hydrogen-bond acceptors (Lipinski definition) is 4. The molecule has 1 saturated heterocycles. The number of nitrogens with zero attached hydrogens (tertiary/aromatic N) is 2. The fraction of sp³-hybridized carbons (Fsp3) is 0.280. The van der Waals surface area contributed by atoms with E-state index in [9.17, 15) is 13.5 Å². The van der Waals surface area contributed by atoms with Gasteiger partial charge in [0.1, 0.15) is 11.3 Å². The van der Waals surface area contributed by atoms with Gasteiger partial charge in [-0.25, -0.2) is 8.42 Å². The predicted octanol–water partition coefficient (Wildman–Crippen LogP) is 4.22. The Balaban J connectivity index is 1.83. The quantitative estimate of drug-likeness (QED) is 0.670. The van der Waals surface area contributed by atoms with Gasteiger partial charge in [-0.15, -0.1) is 0 Å². The molecule has 2 unspecified atom stereocenters. The van der Waals surface area contributed by atoms with Crippen LogP contribution in [0.3, 0.4) is 0 Å². The van der Waals surface area contributed by atoms with Gasteiger partial charge >= 0.3 is 0 Å². The molecule has 3 aromatic rings. The Morgan fingerprint density at radius 1 is 0.968 bits per heavy atom. The Labute approximate surface area is 183 Å². The van der Waals surface area contributed by atoms with Crippen LogP contribution >= 0.6 is 0 Å². The van der Waals surface area contributed by atoms with Crippen molar-refractivity contribution < 1.29 is 13.5 Å². The Kier molecular flexibility index (Phi) is 4.61. The van der Waals surface area contributed by atoms with Gasteiger partial charge in [0.2, 0.25) is 0 Å². The highest BCUT2D eigenvalue weighted by Gasteiger charge is 2.59. The average Bonchev–Trinajstić information content (AvgIpc) is 3.05. The Morgan fingerprint density at radius 3 is 2.39 bits per heavy atom. The highest BCUT2D eigenvalue weighted by molar-refractivity contribution is 7.93. The fourth-order valence-corrected chi connectivity index (χ4v) is 7.20. The van der Waals surface area contributed by atoms with E-state index in [4.69, 9.17) is 0 Å². The van der Waals surface area contributed by atoms with Crippen LogP contribution in [0.1, 0.15) is 29.0 Å². The molecule has 0 radical (unpaired) electrons. The molecular formula is C25H26N2O3S. The van der Waals surface area contributed by atoms with Crippen LogP contribution in [0.5, 0.6) is 5.75 Å². The number of phenolic OH excluding ortho intramolecular Hbond substituents is 1. The van der Waals surface area contributed by atoms with Crippen LogP contribution in [0.25, 0.3) is 0 Å². The van der Waals surface area contributed by atoms with Gasteiger partial charge in [-0.1, -0.05) is 54.1 Å². The first-order chi connectivity index (χ1) is 14.9. The number of sulfonamides is 1. The number of rotatable bonds is 3. The van der Waals surface area contributed by atoms with E-state index in [2.05, 4.69) is 4.90 Å². The summed E-state index contributed by atoms with van der Waals surface area (Å²) in [5.41, 5.74) is 2.46. The number of hydrogen-bond donors (Lipinski definition) is 1. The third-order valence-corrected chi connectivity index (χ3v) is 8.58. The second-order valence-corrected chi connectivity index (χ2v) is 10.4. The summed E-state index contributed by atoms with van der Waals surface area (Å²) in [5, 5.41) is 10.9. The van der Waals surface area contributed by atoms with E-state index in [1.807, 2.05) is 62.5 Å². The maximum absolute atomic E-state index is 14.2. The number of likely N-dealkylation sites (tertiary alicyclic amines) is 1. The lowest BCUT2D eigenvalue weighted by atomic mass is 9.73. The van der Waals surface area contributed by atoms with Crippen LogP contribution in [0.4, 0.5) is 5.69 Å². The number of likely N-dealkylation sites (N-methyl/N-ethyl adjacent to an activating group) is 1. The van der Waals surface area contributed by atoms with Crippen LogP contribution in [0.2, 0.25) is 0 Å². The number of piperidine rings is 1. The molecule has 0 aromatic heterocycles. The van der Waals surface area contributed by atoms with Crippen molar-refractivity contribution in [3.63, 3.8) is 0 Å². The smallest absolute Gasteiger partial charge is 0.265 e. The van der Waals surface area contributed by atoms with Gasteiger partial charge < -0.3 is 10.0 Å². The van der Waals surface area contributed by atoms with Crippen molar-refractivity contribution in [2.45, 2.75) is 29.7 Å². The molecule has 1 fully saturated rings. The van der Waals surface area contributed by atoms with Crippen molar-refractivity contribution in [3.8, 4) is 5.75 Å². The molecule has 1 N–H and O–H groups in total. The van der Waals surface area contributed by atoms with Crippen LogP contribution < -0.4 is 4.31 Å². The molecular weight excluding hydrogens is 408 g/mol. The minimum Gasteiger partial charge on any atom is -0.508 e. The summed E-state index contributed by atoms with van der Waals surface area (Å²) < 4.78 is 30.0. The van der Waals surface area contributed by atoms with Crippen molar-refractivity contribution in [3.05, 3.63) is 89.5 Å². The van der Waals surface area contributed by atoms with Crippen molar-refractivity contribution in [2.75, 3.05) is 24.4 Å². The number of fused-ring (bicyclic) bond motifs is 3. The van der Waals surface area contributed by atoms with Crippen molar-refractivity contribution in [1.82, 2.24) is 4.90 Å². The summed E-state index contributed by atoms with van der Waals surface area (Å²) in [4.78, 5) is 2.42. The van der Waals surface area contributed by atoms with Crippen LogP contribution in [-0.2, 0) is 15.6 Å². The van der Waals surface area contributed by atoms with E-state index in [-0.39, 0.29) is 16.6 Å². The second kappa shape index (κ2) is 7.11. The number of aryl methyl sites for hydroxylation is 1. The lowest BCUT2D eigenvalue weighted by Crippen LogP contribution is -2.58. The van der Waals surface area contributed by atoms with Gasteiger partial charge in [0.05, 0.1) is 10.6 Å². The molecule has 0 bridgehead atoms. The monoisotopic (exact) mass is 434 g/mol. The van der Waals surface area contributed by atoms with Gasteiger partial charge in [-0.05, 0) is 56.8 Å². The van der Waals surface area contributed by atoms with Gasteiger partial charge in [-0.3, -0.25) is 4.31 Å². The molecule has 31 heavy (non-hydrogen) atoms. The summed E-state index contributed by atoms with van der Waals surface area (Å²) in [7, 11) is -1.88. The largest absolute Gasteiger partial charge is 0.508 e. The first kappa shape index (κ1) is 20.1. The molecule has 0 amide bonds. The summed E-state index contributed by atoms with van der Waals surface area (Å²) in [5.74, 6) is 0.0770. The first-order valence-corrected chi connectivity index (χ1v) is 12.0. The zero-order chi connectivity index (χ0) is 21.8. The lowest BCUT2D eigenvalue weighted by Gasteiger charge is -2.48. The van der Waals surface area contributed by atoms with E-state index in [1.165, 1.54) is 0 Å². The fourth-order valence-electron chi connectivity index (χ4n) is 5.37. The standard InChI is InChI=1S/C25H26N2O3S/c1-18-11-13-19(14-12-18)31(29,30)27-23-9-5-3-7-20(23)21-15-16-26(2)17-25(21,27)22-8-4-6-10-24(22)28/h3-14,21,28H,15-17H2,1-2H3. The van der Waals surface area contributed by atoms with Crippen molar-refractivity contribution >= 4 is 15.7 Å². The Bertz CT molecular complexity index is 1240. The van der Waals surface area contributed by atoms with E-state index < -0.39 is 15.6 Å². The molecule has 5 nitrogen and oxygen atoms in total. The molecule has 2 aliphatic rings. The number of para-hydroxylation sites is 2. The number of aromatic hydroxyl groups is 1. The zero-order valence-electron chi connectivity index (χ0n) is 17.7. The van der Waals surface area contributed by atoms with E-state index in [0.717, 1.165) is 24.1 Å². The molecule has 0 aliphatic carbocycles. The van der Waals surface area contributed by atoms with Gasteiger partial charge in [-0.2, -0.15) is 0 Å². The molecule has 3 aromatic carbocycles. The van der Waals surface area contributed by atoms with Crippen LogP contribution in [0.15, 0.2) is 77.7 Å². The summed E-state index contributed by atoms with van der Waals surface area (Å²) in [6.07, 6.45) is 0.807. The maximum Gasteiger partial charge on any atom is 0.265 e. The second-order valence-electron chi connectivity index (χ2n) is 8.66. The summed E-state index contributed by atoms with van der Waals surface area (Å²) in [6.45, 7) is 3.30. The molecule has 0 spiro atoms. The molecule has 0 saturated carbocycles. The van der Waals surface area contributed by atoms with E-state index in [1.54, 1.807) is 28.6 Å². The van der Waals surface area contributed by atoms with Gasteiger partial charge in [0.15, 0.2) is 0 Å². The van der Waals surface area contributed by atoms with Crippen molar-refractivity contribution in [2.24, 2.45) is 0 Å². The average molecular weight is 435 g/mol. The highest BCUT2D eigenvalue weighted by atomic mass is 32.2. The Hall–Kier alpha value is -2.83. The normalized spacial score (nSPS) is 23.4. The predicted molar refractivity (Wildman–Crippen MR) is 122 cm³/mol. The number of phenols is 1. The maximum atomic E-state index is 14.2. The molecule has 2 atom stereocenters. The van der Waals surface area contributed by atoms with E-state index >= 15 is 0 Å². The lowest BCUT2D eigenvalue weighted by molar-refractivity contribution is 0.163. The first-order valence-electron chi connectivity index (χ1n) is 10.5. The Morgan fingerprint density at radius 2 is 1.65 bits per heavy atom. The molecule has 2 aliphatic heterocycles.